The molecule has 0 aliphatic heterocycles. The second-order valence-corrected chi connectivity index (χ2v) is 3.99. The summed E-state index contributed by atoms with van der Waals surface area (Å²) in [5, 5.41) is 5.99. The average Bonchev–Trinajstić information content (AvgIpc) is 2.41. The van der Waals surface area contributed by atoms with E-state index in [1.807, 2.05) is 7.05 Å². The lowest BCUT2D eigenvalue weighted by Crippen LogP contribution is -2.10. The lowest BCUT2D eigenvalue weighted by molar-refractivity contribution is 0.507. The highest BCUT2D eigenvalue weighted by Gasteiger charge is 2.03. The van der Waals surface area contributed by atoms with Gasteiger partial charge in [0.1, 0.15) is 11.6 Å². The Bertz CT molecular complexity index is 560. The van der Waals surface area contributed by atoms with Crippen LogP contribution in [-0.4, -0.2) is 17.0 Å². The van der Waals surface area contributed by atoms with E-state index < -0.39 is 11.6 Å². The Balaban J connectivity index is 2.01. The predicted molar refractivity (Wildman–Crippen MR) is 68.5 cm³/mol. The van der Waals surface area contributed by atoms with Gasteiger partial charge in [-0.05, 0) is 30.8 Å². The van der Waals surface area contributed by atoms with Gasteiger partial charge in [-0.2, -0.15) is 0 Å². The predicted octanol–water partition coefficient (Wildman–Crippen LogP) is 2.09. The van der Waals surface area contributed by atoms with Crippen molar-refractivity contribution in [2.24, 2.45) is 0 Å². The molecule has 0 saturated carbocycles. The lowest BCUT2D eigenvalue weighted by Gasteiger charge is -2.07. The molecule has 0 unspecified atom stereocenters. The molecule has 0 aliphatic carbocycles. The van der Waals surface area contributed by atoms with Gasteiger partial charge in [-0.25, -0.2) is 18.7 Å². The quantitative estimate of drug-likeness (QED) is 0.868. The number of hydrogen-bond donors (Lipinski definition) is 2. The molecular weight excluding hydrogens is 250 g/mol. The van der Waals surface area contributed by atoms with Gasteiger partial charge in [0.25, 0.3) is 0 Å². The van der Waals surface area contributed by atoms with Crippen LogP contribution in [0.5, 0.6) is 0 Å². The summed E-state index contributed by atoms with van der Waals surface area (Å²) in [5.74, 6) is -0.386. The fraction of sp³-hybridized carbons (Fsp3) is 0.231. The van der Waals surface area contributed by atoms with Crippen LogP contribution in [-0.2, 0) is 13.1 Å². The number of aromatic nitrogens is 2. The SMILES string of the molecule is CNCc1nccc(NCc2ccc(F)c(F)c2)n1. The van der Waals surface area contributed by atoms with Crippen molar-refractivity contribution >= 4 is 5.82 Å². The smallest absolute Gasteiger partial charge is 0.159 e. The molecule has 1 aromatic carbocycles. The number of halogens is 2. The van der Waals surface area contributed by atoms with Crippen molar-refractivity contribution in [2.45, 2.75) is 13.1 Å². The standard InChI is InChI=1S/C13H14F2N4/c1-16-8-13-17-5-4-12(19-13)18-7-9-2-3-10(14)11(15)6-9/h2-6,16H,7-8H2,1H3,(H,17,18,19). The third kappa shape index (κ3) is 3.69. The maximum absolute atomic E-state index is 13.0. The van der Waals surface area contributed by atoms with Crippen LogP contribution in [0, 0.1) is 11.6 Å². The summed E-state index contributed by atoms with van der Waals surface area (Å²) in [7, 11) is 1.81. The number of benzene rings is 1. The summed E-state index contributed by atoms with van der Waals surface area (Å²) in [5.41, 5.74) is 0.646. The van der Waals surface area contributed by atoms with Crippen molar-refractivity contribution in [1.82, 2.24) is 15.3 Å². The number of anilines is 1. The minimum atomic E-state index is -0.849. The van der Waals surface area contributed by atoms with Crippen molar-refractivity contribution in [3.8, 4) is 0 Å². The van der Waals surface area contributed by atoms with Crippen LogP contribution in [0.2, 0.25) is 0 Å². The Labute approximate surface area is 109 Å². The van der Waals surface area contributed by atoms with E-state index in [0.717, 1.165) is 12.1 Å². The molecule has 0 radical (unpaired) electrons. The van der Waals surface area contributed by atoms with Gasteiger partial charge in [-0.3, -0.25) is 0 Å². The highest BCUT2D eigenvalue weighted by molar-refractivity contribution is 5.34. The van der Waals surface area contributed by atoms with Crippen LogP contribution in [0.3, 0.4) is 0 Å². The van der Waals surface area contributed by atoms with Crippen LogP contribution < -0.4 is 10.6 Å². The number of nitrogens with one attached hydrogen (secondary N) is 2. The van der Waals surface area contributed by atoms with E-state index in [4.69, 9.17) is 0 Å². The van der Waals surface area contributed by atoms with Crippen LogP contribution in [0.1, 0.15) is 11.4 Å². The van der Waals surface area contributed by atoms with Gasteiger partial charge in [0.15, 0.2) is 11.6 Å². The van der Waals surface area contributed by atoms with Crippen molar-refractivity contribution in [1.29, 1.82) is 0 Å². The molecule has 6 heteroatoms. The van der Waals surface area contributed by atoms with Crippen molar-refractivity contribution in [3.05, 3.63) is 53.5 Å². The third-order valence-corrected chi connectivity index (χ3v) is 2.50. The lowest BCUT2D eigenvalue weighted by atomic mass is 10.2. The van der Waals surface area contributed by atoms with E-state index in [2.05, 4.69) is 20.6 Å². The zero-order valence-corrected chi connectivity index (χ0v) is 10.5. The van der Waals surface area contributed by atoms with Crippen LogP contribution in [0.4, 0.5) is 14.6 Å². The Hall–Kier alpha value is -2.08. The summed E-state index contributed by atoms with van der Waals surface area (Å²) in [6, 6.07) is 5.52. The normalized spacial score (nSPS) is 10.5. The Kier molecular flexibility index (Phi) is 4.35. The molecule has 0 aliphatic rings. The summed E-state index contributed by atoms with van der Waals surface area (Å²) in [4.78, 5) is 8.35. The maximum Gasteiger partial charge on any atom is 0.159 e. The van der Waals surface area contributed by atoms with Gasteiger partial charge in [-0.1, -0.05) is 6.07 Å². The first-order valence-electron chi connectivity index (χ1n) is 5.83. The highest BCUT2D eigenvalue weighted by Crippen LogP contribution is 2.10. The molecule has 2 N–H and O–H groups in total. The number of hydrogen-bond acceptors (Lipinski definition) is 4. The summed E-state index contributed by atoms with van der Waals surface area (Å²) in [6.45, 7) is 0.938. The van der Waals surface area contributed by atoms with Gasteiger partial charge in [0.2, 0.25) is 0 Å². The van der Waals surface area contributed by atoms with Gasteiger partial charge in [0, 0.05) is 12.7 Å². The second-order valence-electron chi connectivity index (χ2n) is 3.99. The van der Waals surface area contributed by atoms with E-state index in [1.54, 1.807) is 12.3 Å². The molecule has 0 fully saturated rings. The van der Waals surface area contributed by atoms with Gasteiger partial charge in [-0.15, -0.1) is 0 Å². The third-order valence-electron chi connectivity index (χ3n) is 2.50. The summed E-state index contributed by atoms with van der Waals surface area (Å²) < 4.78 is 25.8. The van der Waals surface area contributed by atoms with Crippen LogP contribution in [0.15, 0.2) is 30.5 Å². The van der Waals surface area contributed by atoms with Crippen molar-refractivity contribution in [3.63, 3.8) is 0 Å². The molecule has 19 heavy (non-hydrogen) atoms. The zero-order chi connectivity index (χ0) is 13.7. The molecular formula is C13H14F2N4. The molecule has 0 bridgehead atoms. The molecule has 100 valence electrons. The van der Waals surface area contributed by atoms with Gasteiger partial charge < -0.3 is 10.6 Å². The second kappa shape index (κ2) is 6.19. The fourth-order valence-corrected chi connectivity index (χ4v) is 1.58. The number of nitrogens with zero attached hydrogens (tertiary/aromatic N) is 2. The molecule has 2 rings (SSSR count). The molecule has 0 amide bonds. The minimum Gasteiger partial charge on any atom is -0.366 e. The van der Waals surface area contributed by atoms with E-state index in [9.17, 15) is 8.78 Å². The van der Waals surface area contributed by atoms with E-state index >= 15 is 0 Å². The molecule has 4 nitrogen and oxygen atoms in total. The topological polar surface area (TPSA) is 49.8 Å². The van der Waals surface area contributed by atoms with E-state index in [0.29, 0.717) is 30.3 Å². The molecule has 2 aromatic rings. The van der Waals surface area contributed by atoms with E-state index in [1.165, 1.54) is 6.07 Å². The Morgan fingerprint density at radius 2 is 1.95 bits per heavy atom. The fourth-order valence-electron chi connectivity index (χ4n) is 1.58. The molecule has 0 spiro atoms. The number of rotatable bonds is 5. The van der Waals surface area contributed by atoms with E-state index in [-0.39, 0.29) is 0 Å². The molecule has 0 saturated heterocycles. The van der Waals surface area contributed by atoms with Gasteiger partial charge in [0.05, 0.1) is 6.54 Å². The summed E-state index contributed by atoms with van der Waals surface area (Å²) in [6.07, 6.45) is 1.65. The van der Waals surface area contributed by atoms with Crippen molar-refractivity contribution < 1.29 is 8.78 Å². The van der Waals surface area contributed by atoms with Gasteiger partial charge >= 0.3 is 0 Å². The molecule has 1 aromatic heterocycles. The minimum absolute atomic E-state index is 0.368. The average molecular weight is 264 g/mol. The monoisotopic (exact) mass is 264 g/mol. The first kappa shape index (κ1) is 13.4. The van der Waals surface area contributed by atoms with Crippen LogP contribution >= 0.6 is 0 Å². The Morgan fingerprint density at radius 1 is 1.11 bits per heavy atom. The maximum atomic E-state index is 13.0. The molecule has 1 heterocycles. The van der Waals surface area contributed by atoms with Crippen molar-refractivity contribution in [2.75, 3.05) is 12.4 Å². The zero-order valence-electron chi connectivity index (χ0n) is 10.5. The highest BCUT2D eigenvalue weighted by atomic mass is 19.2. The molecule has 0 atom stereocenters. The first-order valence-corrected chi connectivity index (χ1v) is 5.83. The summed E-state index contributed by atoms with van der Waals surface area (Å²) >= 11 is 0. The Morgan fingerprint density at radius 3 is 2.68 bits per heavy atom. The first-order chi connectivity index (χ1) is 9.19. The largest absolute Gasteiger partial charge is 0.366 e. The van der Waals surface area contributed by atoms with Crippen LogP contribution in [0.25, 0.3) is 0 Å².